The Labute approximate surface area is 132 Å². The van der Waals surface area contributed by atoms with Crippen LogP contribution in [0, 0.1) is 13.8 Å². The molecule has 0 saturated carbocycles. The Kier molecular flexibility index (Phi) is 4.62. The van der Waals surface area contributed by atoms with Crippen molar-refractivity contribution in [3.05, 3.63) is 35.0 Å². The molecule has 0 bridgehead atoms. The van der Waals surface area contributed by atoms with Crippen molar-refractivity contribution in [2.24, 2.45) is 0 Å². The van der Waals surface area contributed by atoms with Gasteiger partial charge in [-0.1, -0.05) is 18.0 Å². The van der Waals surface area contributed by atoms with Crippen LogP contribution in [-0.2, 0) is 13.1 Å². The monoisotopic (exact) mass is 302 g/mol. The van der Waals surface area contributed by atoms with E-state index in [1.54, 1.807) is 0 Å². The smallest absolute Gasteiger partial charge is 0.133 e. The number of likely N-dealkylation sites (tertiary alicyclic amines) is 1. The summed E-state index contributed by atoms with van der Waals surface area (Å²) in [6.07, 6.45) is 7.17. The van der Waals surface area contributed by atoms with Gasteiger partial charge in [0.05, 0.1) is 11.7 Å². The van der Waals surface area contributed by atoms with Crippen LogP contribution in [0.1, 0.15) is 61.4 Å². The fraction of sp³-hybridized carbons (Fsp3) is 0.647. The summed E-state index contributed by atoms with van der Waals surface area (Å²) in [6, 6.07) is 2.45. The molecule has 1 atom stereocenters. The summed E-state index contributed by atoms with van der Waals surface area (Å²) in [7, 11) is 0. The Hall–Kier alpha value is -1.62. The first-order valence-corrected chi connectivity index (χ1v) is 8.37. The summed E-state index contributed by atoms with van der Waals surface area (Å²) >= 11 is 0. The second kappa shape index (κ2) is 6.65. The molecule has 5 nitrogen and oxygen atoms in total. The fourth-order valence-electron chi connectivity index (χ4n) is 3.33. The lowest BCUT2D eigenvalue weighted by Gasteiger charge is -2.28. The van der Waals surface area contributed by atoms with Crippen LogP contribution in [0.15, 0.2) is 16.8 Å². The van der Waals surface area contributed by atoms with E-state index >= 15 is 0 Å². The van der Waals surface area contributed by atoms with Gasteiger partial charge in [-0.2, -0.15) is 5.10 Å². The van der Waals surface area contributed by atoms with Crippen LogP contribution < -0.4 is 0 Å². The molecule has 5 heteroatoms. The molecule has 0 unspecified atom stereocenters. The van der Waals surface area contributed by atoms with E-state index in [1.165, 1.54) is 24.8 Å². The summed E-state index contributed by atoms with van der Waals surface area (Å²) < 4.78 is 7.33. The van der Waals surface area contributed by atoms with Gasteiger partial charge >= 0.3 is 0 Å². The van der Waals surface area contributed by atoms with Crippen molar-refractivity contribution in [3.63, 3.8) is 0 Å². The molecule has 2 aromatic rings. The van der Waals surface area contributed by atoms with E-state index in [-0.39, 0.29) is 0 Å². The van der Waals surface area contributed by atoms with Gasteiger partial charge in [0.1, 0.15) is 11.5 Å². The van der Waals surface area contributed by atoms with E-state index in [0.29, 0.717) is 6.04 Å². The Morgan fingerprint density at radius 3 is 2.82 bits per heavy atom. The zero-order valence-corrected chi connectivity index (χ0v) is 13.9. The van der Waals surface area contributed by atoms with Gasteiger partial charge in [-0.05, 0) is 40.2 Å². The van der Waals surface area contributed by atoms with Crippen LogP contribution in [0.2, 0.25) is 0 Å². The Morgan fingerprint density at radius 2 is 2.14 bits per heavy atom. The molecule has 3 heterocycles. The molecule has 0 spiro atoms. The molecule has 0 amide bonds. The van der Waals surface area contributed by atoms with Crippen molar-refractivity contribution in [3.8, 4) is 0 Å². The third-order valence-electron chi connectivity index (χ3n) is 4.60. The normalized spacial score (nSPS) is 20.2. The predicted molar refractivity (Wildman–Crippen MR) is 85.5 cm³/mol. The maximum atomic E-state index is 5.31. The van der Waals surface area contributed by atoms with Gasteiger partial charge in [-0.25, -0.2) is 0 Å². The van der Waals surface area contributed by atoms with Crippen molar-refractivity contribution in [1.29, 1.82) is 0 Å². The van der Waals surface area contributed by atoms with Crippen LogP contribution in [0.25, 0.3) is 0 Å². The number of hydrogen-bond acceptors (Lipinski definition) is 4. The Balaban J connectivity index is 1.82. The summed E-state index contributed by atoms with van der Waals surface area (Å²) in [4.78, 5) is 2.55. The van der Waals surface area contributed by atoms with E-state index in [4.69, 9.17) is 4.52 Å². The molecular formula is C17H26N4O. The number of aryl methyl sites for hydroxylation is 3. The first-order chi connectivity index (χ1) is 10.7. The topological polar surface area (TPSA) is 47.1 Å². The van der Waals surface area contributed by atoms with E-state index in [0.717, 1.165) is 43.2 Å². The highest BCUT2D eigenvalue weighted by Gasteiger charge is 2.26. The Bertz CT molecular complexity index is 616. The van der Waals surface area contributed by atoms with Gasteiger partial charge in [0.2, 0.25) is 0 Å². The van der Waals surface area contributed by atoms with Gasteiger partial charge in [0.25, 0.3) is 0 Å². The minimum Gasteiger partial charge on any atom is -0.361 e. The van der Waals surface area contributed by atoms with Crippen LogP contribution in [-0.4, -0.2) is 26.4 Å². The van der Waals surface area contributed by atoms with Gasteiger partial charge in [0.15, 0.2) is 0 Å². The quantitative estimate of drug-likeness (QED) is 0.865. The summed E-state index contributed by atoms with van der Waals surface area (Å²) in [5, 5.41) is 8.86. The molecule has 1 aliphatic heterocycles. The molecule has 0 radical (unpaired) electrons. The van der Waals surface area contributed by atoms with Crippen LogP contribution >= 0.6 is 0 Å². The molecule has 1 fully saturated rings. The maximum absolute atomic E-state index is 5.31. The van der Waals surface area contributed by atoms with E-state index in [2.05, 4.69) is 41.3 Å². The highest BCUT2D eigenvalue weighted by Crippen LogP contribution is 2.31. The molecule has 1 saturated heterocycles. The van der Waals surface area contributed by atoms with Crippen molar-refractivity contribution in [2.45, 2.75) is 65.6 Å². The second-order valence-electron chi connectivity index (χ2n) is 6.29. The number of aromatic nitrogens is 3. The lowest BCUT2D eigenvalue weighted by atomic mass is 10.1. The lowest BCUT2D eigenvalue weighted by molar-refractivity contribution is 0.183. The third kappa shape index (κ3) is 3.24. The first-order valence-electron chi connectivity index (χ1n) is 8.37. The average molecular weight is 302 g/mol. The Morgan fingerprint density at radius 1 is 1.27 bits per heavy atom. The molecule has 0 N–H and O–H groups in total. The SMILES string of the molecule is CCn1cc(CN2CCCCC[C@@H]2c2cc(C)on2)c(C)n1. The van der Waals surface area contributed by atoms with Crippen LogP contribution in [0.4, 0.5) is 0 Å². The van der Waals surface area contributed by atoms with Crippen molar-refractivity contribution in [2.75, 3.05) is 6.54 Å². The predicted octanol–water partition coefficient (Wildman–Crippen LogP) is 3.63. The van der Waals surface area contributed by atoms with E-state index in [1.807, 2.05) is 11.6 Å². The van der Waals surface area contributed by atoms with Gasteiger partial charge in [0, 0.05) is 30.9 Å². The van der Waals surface area contributed by atoms with E-state index in [9.17, 15) is 0 Å². The largest absolute Gasteiger partial charge is 0.361 e. The summed E-state index contributed by atoms with van der Waals surface area (Å²) in [6.45, 7) is 9.19. The third-order valence-corrected chi connectivity index (χ3v) is 4.60. The number of nitrogens with zero attached hydrogens (tertiary/aromatic N) is 4. The van der Waals surface area contributed by atoms with Crippen molar-refractivity contribution >= 4 is 0 Å². The first kappa shape index (κ1) is 15.3. The minimum atomic E-state index is 0.365. The molecule has 2 aromatic heterocycles. The highest BCUT2D eigenvalue weighted by atomic mass is 16.5. The van der Waals surface area contributed by atoms with Gasteiger partial charge < -0.3 is 4.52 Å². The standard InChI is InChI=1S/C17H26N4O/c1-4-21-12-15(14(3)18-21)11-20-9-7-5-6-8-17(20)16-10-13(2)22-19-16/h10,12,17H,4-9,11H2,1-3H3/t17-/m1/s1. The van der Waals surface area contributed by atoms with Crippen LogP contribution in [0.5, 0.6) is 0 Å². The molecule has 22 heavy (non-hydrogen) atoms. The second-order valence-corrected chi connectivity index (χ2v) is 6.29. The molecule has 0 aliphatic carbocycles. The van der Waals surface area contributed by atoms with Gasteiger partial charge in [-0.15, -0.1) is 0 Å². The highest BCUT2D eigenvalue weighted by molar-refractivity contribution is 5.17. The molecule has 3 rings (SSSR count). The average Bonchev–Trinajstić information content (AvgIpc) is 3.00. The minimum absolute atomic E-state index is 0.365. The van der Waals surface area contributed by atoms with Crippen molar-refractivity contribution in [1.82, 2.24) is 19.8 Å². The van der Waals surface area contributed by atoms with Crippen molar-refractivity contribution < 1.29 is 4.52 Å². The summed E-state index contributed by atoms with van der Waals surface area (Å²) in [5.41, 5.74) is 3.55. The van der Waals surface area contributed by atoms with Gasteiger partial charge in [-0.3, -0.25) is 9.58 Å². The zero-order valence-electron chi connectivity index (χ0n) is 13.9. The number of rotatable bonds is 4. The van der Waals surface area contributed by atoms with Crippen LogP contribution in [0.3, 0.4) is 0 Å². The molecular weight excluding hydrogens is 276 g/mol. The maximum Gasteiger partial charge on any atom is 0.133 e. The molecule has 120 valence electrons. The fourth-order valence-corrected chi connectivity index (χ4v) is 3.33. The van der Waals surface area contributed by atoms with E-state index < -0.39 is 0 Å². The molecule has 1 aliphatic rings. The zero-order chi connectivity index (χ0) is 15.5. The molecule has 0 aromatic carbocycles. The lowest BCUT2D eigenvalue weighted by Crippen LogP contribution is -2.28. The number of hydrogen-bond donors (Lipinski definition) is 0. The summed E-state index contributed by atoms with van der Waals surface area (Å²) in [5.74, 6) is 0.897.